The molecule has 1 aromatic rings. The summed E-state index contributed by atoms with van der Waals surface area (Å²) in [5, 5.41) is 7.17. The molecule has 38 valence electrons. The Morgan fingerprint density at radius 1 is 1.62 bits per heavy atom. The van der Waals surface area contributed by atoms with E-state index in [2.05, 4.69) is 16.1 Å². The molecule has 0 bridgehead atoms. The molecule has 2 nitrogen and oxygen atoms in total. The molecule has 1 rings (SSSR count). The Hall–Kier alpha value is -1.36. The van der Waals surface area contributed by atoms with E-state index in [0.717, 1.165) is 0 Å². The molecule has 1 heterocycles. The van der Waals surface area contributed by atoms with Crippen molar-refractivity contribution in [3.8, 4) is 12.3 Å². The summed E-state index contributed by atoms with van der Waals surface area (Å²) >= 11 is 0. The first kappa shape index (κ1) is 4.79. The maximum absolute atomic E-state index is 5.00. The van der Waals surface area contributed by atoms with Crippen molar-refractivity contribution >= 4 is 0 Å². The van der Waals surface area contributed by atoms with Crippen molar-refractivity contribution in [1.82, 2.24) is 10.2 Å². The lowest BCUT2D eigenvalue weighted by atomic mass is 10.4. The Balaban J connectivity index is 3.05. The van der Waals surface area contributed by atoms with Crippen LogP contribution in [0.15, 0.2) is 18.3 Å². The number of hydrogen-bond acceptors (Lipinski definition) is 2. The molecular weight excluding hydrogens is 100 g/mol. The summed E-state index contributed by atoms with van der Waals surface area (Å²) in [7, 11) is 0. The second-order valence-corrected chi connectivity index (χ2v) is 1.25. The Bertz CT molecular complexity index is 198. The van der Waals surface area contributed by atoms with E-state index in [9.17, 15) is 0 Å². The molecule has 0 unspecified atom stereocenters. The van der Waals surface area contributed by atoms with Gasteiger partial charge in [-0.15, -0.1) is 11.5 Å². The molecule has 1 aromatic heterocycles. The highest BCUT2D eigenvalue weighted by atomic mass is 15.1. The van der Waals surface area contributed by atoms with Crippen molar-refractivity contribution in [2.75, 3.05) is 0 Å². The molecule has 0 aromatic carbocycles. The summed E-state index contributed by atoms with van der Waals surface area (Å²) < 4.78 is 0. The van der Waals surface area contributed by atoms with Gasteiger partial charge in [0.2, 0.25) is 0 Å². The van der Waals surface area contributed by atoms with Gasteiger partial charge in [-0.05, 0) is 18.1 Å². The minimum atomic E-state index is 0.576. The lowest BCUT2D eigenvalue weighted by Crippen LogP contribution is -1.81. The van der Waals surface area contributed by atoms with E-state index < -0.39 is 0 Å². The predicted octanol–water partition coefficient (Wildman–Crippen LogP) is 0.458. The fourth-order valence-electron chi connectivity index (χ4n) is 0.379. The fourth-order valence-corrected chi connectivity index (χ4v) is 0.379. The lowest BCUT2D eigenvalue weighted by Gasteiger charge is -1.80. The maximum Gasteiger partial charge on any atom is 0.135 e. The van der Waals surface area contributed by atoms with Gasteiger partial charge in [-0.3, -0.25) is 0 Å². The average molecular weight is 104 g/mol. The SMILES string of the molecule is C#Cc1cccnn1. The van der Waals surface area contributed by atoms with E-state index in [1.54, 1.807) is 18.3 Å². The smallest absolute Gasteiger partial charge is 0.135 e. The second-order valence-electron chi connectivity index (χ2n) is 1.25. The Labute approximate surface area is 47.6 Å². The molecule has 0 radical (unpaired) electrons. The molecule has 0 saturated heterocycles. The summed E-state index contributed by atoms with van der Waals surface area (Å²) in [5.74, 6) is 2.35. The number of hydrogen-bond donors (Lipinski definition) is 0. The maximum atomic E-state index is 5.00. The Morgan fingerprint density at radius 2 is 2.50 bits per heavy atom. The van der Waals surface area contributed by atoms with Gasteiger partial charge in [0.25, 0.3) is 0 Å². The van der Waals surface area contributed by atoms with Gasteiger partial charge < -0.3 is 0 Å². The molecule has 0 aliphatic heterocycles. The number of aromatic nitrogens is 2. The van der Waals surface area contributed by atoms with Crippen LogP contribution in [0, 0.1) is 12.3 Å². The highest BCUT2D eigenvalue weighted by Crippen LogP contribution is 1.83. The summed E-state index contributed by atoms with van der Waals surface area (Å²) in [6.45, 7) is 0. The second kappa shape index (κ2) is 2.08. The normalized spacial score (nSPS) is 7.88. The van der Waals surface area contributed by atoms with Crippen LogP contribution in [0.4, 0.5) is 0 Å². The Kier molecular flexibility index (Phi) is 1.25. The molecule has 2 heteroatoms. The van der Waals surface area contributed by atoms with Gasteiger partial charge >= 0.3 is 0 Å². The average Bonchev–Trinajstić information content (AvgIpc) is 1.90. The van der Waals surface area contributed by atoms with Gasteiger partial charge in [0.1, 0.15) is 5.69 Å². The van der Waals surface area contributed by atoms with Gasteiger partial charge in [0.05, 0.1) is 0 Å². The molecule has 8 heavy (non-hydrogen) atoms. The molecule has 0 spiro atoms. The third-order valence-corrected chi connectivity index (χ3v) is 0.720. The van der Waals surface area contributed by atoms with Crippen LogP contribution in [-0.2, 0) is 0 Å². The molecular formula is C6H4N2. The van der Waals surface area contributed by atoms with Gasteiger partial charge in [0, 0.05) is 6.20 Å². The minimum Gasteiger partial charge on any atom is -0.158 e. The molecule has 0 aliphatic rings. The highest BCUT2D eigenvalue weighted by Gasteiger charge is 1.79. The summed E-state index contributed by atoms with van der Waals surface area (Å²) in [6.07, 6.45) is 6.58. The van der Waals surface area contributed by atoms with E-state index in [1.165, 1.54) is 0 Å². The van der Waals surface area contributed by atoms with Crippen molar-refractivity contribution in [2.45, 2.75) is 0 Å². The summed E-state index contributed by atoms with van der Waals surface area (Å²) in [5.41, 5.74) is 0.576. The minimum absolute atomic E-state index is 0.576. The van der Waals surface area contributed by atoms with Crippen LogP contribution in [0.3, 0.4) is 0 Å². The van der Waals surface area contributed by atoms with Crippen LogP contribution in [0.1, 0.15) is 5.69 Å². The number of terminal acetylenes is 1. The van der Waals surface area contributed by atoms with E-state index in [-0.39, 0.29) is 0 Å². The van der Waals surface area contributed by atoms with Crippen molar-refractivity contribution < 1.29 is 0 Å². The van der Waals surface area contributed by atoms with Gasteiger partial charge in [-0.25, -0.2) is 0 Å². The van der Waals surface area contributed by atoms with Crippen LogP contribution in [0.5, 0.6) is 0 Å². The third kappa shape index (κ3) is 0.824. The first-order chi connectivity index (χ1) is 3.93. The van der Waals surface area contributed by atoms with E-state index in [4.69, 9.17) is 6.42 Å². The molecule has 0 atom stereocenters. The zero-order valence-electron chi connectivity index (χ0n) is 4.20. The lowest BCUT2D eigenvalue weighted by molar-refractivity contribution is 1.01. The van der Waals surface area contributed by atoms with Gasteiger partial charge in [-0.2, -0.15) is 5.10 Å². The number of rotatable bonds is 0. The molecule has 0 fully saturated rings. The van der Waals surface area contributed by atoms with E-state index in [0.29, 0.717) is 5.69 Å². The van der Waals surface area contributed by atoms with Gasteiger partial charge in [0.15, 0.2) is 0 Å². The molecule has 0 amide bonds. The van der Waals surface area contributed by atoms with Crippen molar-refractivity contribution in [1.29, 1.82) is 0 Å². The topological polar surface area (TPSA) is 25.8 Å². The van der Waals surface area contributed by atoms with Crippen LogP contribution in [0.2, 0.25) is 0 Å². The van der Waals surface area contributed by atoms with Crippen molar-refractivity contribution in [2.24, 2.45) is 0 Å². The fraction of sp³-hybridized carbons (Fsp3) is 0. The number of nitrogens with zero attached hydrogens (tertiary/aromatic N) is 2. The van der Waals surface area contributed by atoms with Crippen LogP contribution >= 0.6 is 0 Å². The molecule has 0 aliphatic carbocycles. The van der Waals surface area contributed by atoms with Crippen molar-refractivity contribution in [3.63, 3.8) is 0 Å². The summed E-state index contributed by atoms with van der Waals surface area (Å²) in [6, 6.07) is 3.48. The first-order valence-corrected chi connectivity index (χ1v) is 2.18. The zero-order chi connectivity index (χ0) is 5.82. The van der Waals surface area contributed by atoms with Gasteiger partial charge in [-0.1, -0.05) is 0 Å². The van der Waals surface area contributed by atoms with Crippen LogP contribution < -0.4 is 0 Å². The third-order valence-electron chi connectivity index (χ3n) is 0.720. The zero-order valence-corrected chi connectivity index (χ0v) is 4.20. The molecule has 0 saturated carbocycles. The first-order valence-electron chi connectivity index (χ1n) is 2.18. The Morgan fingerprint density at radius 3 is 2.88 bits per heavy atom. The largest absolute Gasteiger partial charge is 0.158 e. The molecule has 0 N–H and O–H groups in total. The standard InChI is InChI=1S/C6H4N2/c1-2-6-4-3-5-7-8-6/h1,3-5H. The highest BCUT2D eigenvalue weighted by molar-refractivity contribution is 5.20. The predicted molar refractivity (Wildman–Crippen MR) is 30.0 cm³/mol. The van der Waals surface area contributed by atoms with Crippen LogP contribution in [0.25, 0.3) is 0 Å². The van der Waals surface area contributed by atoms with E-state index in [1.807, 2.05) is 0 Å². The summed E-state index contributed by atoms with van der Waals surface area (Å²) in [4.78, 5) is 0. The van der Waals surface area contributed by atoms with Crippen LogP contribution in [-0.4, -0.2) is 10.2 Å². The van der Waals surface area contributed by atoms with E-state index >= 15 is 0 Å². The monoisotopic (exact) mass is 104 g/mol. The van der Waals surface area contributed by atoms with Crippen molar-refractivity contribution in [3.05, 3.63) is 24.0 Å². The quantitative estimate of drug-likeness (QED) is 0.447.